The van der Waals surface area contributed by atoms with Crippen molar-refractivity contribution in [2.75, 3.05) is 5.32 Å². The predicted molar refractivity (Wildman–Crippen MR) is 85.6 cm³/mol. The number of carbonyl (C=O) groups is 1. The van der Waals surface area contributed by atoms with Gasteiger partial charge in [0.15, 0.2) is 0 Å². The largest absolute Gasteiger partial charge is 0.301 e. The van der Waals surface area contributed by atoms with E-state index in [1.165, 1.54) is 27.7 Å². The molecule has 0 saturated carbocycles. The van der Waals surface area contributed by atoms with E-state index >= 15 is 0 Å². The highest BCUT2D eigenvalue weighted by molar-refractivity contribution is 7.15. The fourth-order valence-corrected chi connectivity index (χ4v) is 2.97. The smallest absolute Gasteiger partial charge is 0.225 e. The number of carbonyl (C=O) groups excluding carboxylic acids is 1. The van der Waals surface area contributed by atoms with Crippen LogP contribution in [0.3, 0.4) is 0 Å². The van der Waals surface area contributed by atoms with Gasteiger partial charge in [-0.2, -0.15) is 0 Å². The van der Waals surface area contributed by atoms with Gasteiger partial charge in [0, 0.05) is 12.8 Å². The number of aromatic nitrogens is 2. The maximum Gasteiger partial charge on any atom is 0.225 e. The quantitative estimate of drug-likeness (QED) is 0.800. The number of fused-ring (bicyclic) bond motifs is 1. The van der Waals surface area contributed by atoms with Crippen molar-refractivity contribution in [1.82, 2.24) is 10.2 Å². The monoisotopic (exact) mass is 297 g/mol. The van der Waals surface area contributed by atoms with Crippen molar-refractivity contribution in [3.05, 3.63) is 53.0 Å². The van der Waals surface area contributed by atoms with E-state index in [2.05, 4.69) is 45.8 Å². The first kappa shape index (κ1) is 13.7. The lowest BCUT2D eigenvalue weighted by atomic mass is 10.0. The van der Waals surface area contributed by atoms with E-state index in [9.17, 15) is 4.79 Å². The zero-order chi connectivity index (χ0) is 14.7. The lowest BCUT2D eigenvalue weighted by Crippen LogP contribution is -2.08. The van der Waals surface area contributed by atoms with Gasteiger partial charge in [0.1, 0.15) is 5.01 Å². The Hall–Kier alpha value is -2.27. The Morgan fingerprint density at radius 1 is 1.14 bits per heavy atom. The summed E-state index contributed by atoms with van der Waals surface area (Å²) in [6.45, 7) is 1.81. The molecule has 1 aromatic heterocycles. The maximum absolute atomic E-state index is 11.4. The molecule has 0 aliphatic heterocycles. The first-order valence-electron chi connectivity index (χ1n) is 6.85. The molecule has 0 fully saturated rings. The van der Waals surface area contributed by atoms with Gasteiger partial charge in [-0.15, -0.1) is 10.2 Å². The van der Waals surface area contributed by atoms with Gasteiger partial charge in [-0.1, -0.05) is 60.7 Å². The van der Waals surface area contributed by atoms with Crippen molar-refractivity contribution in [1.29, 1.82) is 0 Å². The van der Waals surface area contributed by atoms with Crippen molar-refractivity contribution in [3.63, 3.8) is 0 Å². The second-order valence-corrected chi connectivity index (χ2v) is 5.78. The molecule has 4 nitrogen and oxygen atoms in total. The molecule has 0 bridgehead atoms. The van der Waals surface area contributed by atoms with Crippen LogP contribution < -0.4 is 5.32 Å². The lowest BCUT2D eigenvalue weighted by Gasteiger charge is -2.03. The second kappa shape index (κ2) is 6.01. The van der Waals surface area contributed by atoms with Crippen LogP contribution in [0, 0.1) is 0 Å². The van der Waals surface area contributed by atoms with E-state index in [-0.39, 0.29) is 5.91 Å². The molecule has 3 aromatic rings. The first-order valence-corrected chi connectivity index (χ1v) is 7.67. The summed E-state index contributed by atoms with van der Waals surface area (Å²) >= 11 is 1.43. The fraction of sp³-hybridized carbons (Fsp3) is 0.188. The van der Waals surface area contributed by atoms with Crippen LogP contribution >= 0.6 is 11.3 Å². The van der Waals surface area contributed by atoms with Crippen LogP contribution in [0.2, 0.25) is 0 Å². The van der Waals surface area contributed by atoms with Crippen LogP contribution in [0.1, 0.15) is 23.9 Å². The molecule has 3 rings (SSSR count). The third-order valence-corrected chi connectivity index (χ3v) is 4.09. The number of hydrogen-bond acceptors (Lipinski definition) is 4. The number of rotatable bonds is 4. The molecule has 0 spiro atoms. The van der Waals surface area contributed by atoms with Gasteiger partial charge in [0.05, 0.1) is 0 Å². The Morgan fingerprint density at radius 3 is 2.81 bits per heavy atom. The summed E-state index contributed by atoms with van der Waals surface area (Å²) in [7, 11) is 0. The van der Waals surface area contributed by atoms with E-state index in [1.54, 1.807) is 0 Å². The van der Waals surface area contributed by atoms with Gasteiger partial charge in [-0.3, -0.25) is 4.79 Å². The Bertz CT molecular complexity index is 777. The van der Waals surface area contributed by atoms with Crippen LogP contribution in [-0.2, 0) is 11.2 Å². The lowest BCUT2D eigenvalue weighted by molar-refractivity contribution is -0.115. The third kappa shape index (κ3) is 3.08. The van der Waals surface area contributed by atoms with Crippen LogP contribution in [-0.4, -0.2) is 16.1 Å². The molecule has 1 heterocycles. The standard InChI is InChI=1S/C16H15N3OS/c1-2-14(20)17-16-19-18-15(21-16)10-12-8-5-7-11-6-3-4-9-13(11)12/h3-9H,2,10H2,1H3,(H,17,19,20). The zero-order valence-corrected chi connectivity index (χ0v) is 12.5. The number of benzene rings is 2. The summed E-state index contributed by atoms with van der Waals surface area (Å²) in [5, 5.41) is 14.8. The summed E-state index contributed by atoms with van der Waals surface area (Å²) in [6.07, 6.45) is 1.17. The number of hydrogen-bond donors (Lipinski definition) is 1. The SMILES string of the molecule is CCC(=O)Nc1nnc(Cc2cccc3ccccc23)s1. The van der Waals surface area contributed by atoms with E-state index in [0.717, 1.165) is 11.4 Å². The van der Waals surface area contributed by atoms with Gasteiger partial charge in [0.25, 0.3) is 0 Å². The number of nitrogens with zero attached hydrogens (tertiary/aromatic N) is 2. The van der Waals surface area contributed by atoms with Gasteiger partial charge in [0.2, 0.25) is 11.0 Å². The summed E-state index contributed by atoms with van der Waals surface area (Å²) in [5.41, 5.74) is 1.22. The van der Waals surface area contributed by atoms with Crippen LogP contribution in [0.4, 0.5) is 5.13 Å². The molecule has 5 heteroatoms. The zero-order valence-electron chi connectivity index (χ0n) is 11.7. The minimum Gasteiger partial charge on any atom is -0.301 e. The van der Waals surface area contributed by atoms with Gasteiger partial charge < -0.3 is 5.32 Å². The molecular weight excluding hydrogens is 282 g/mol. The Morgan fingerprint density at radius 2 is 1.95 bits per heavy atom. The first-order chi connectivity index (χ1) is 10.3. The maximum atomic E-state index is 11.4. The van der Waals surface area contributed by atoms with E-state index in [1.807, 2.05) is 19.1 Å². The highest BCUT2D eigenvalue weighted by Gasteiger charge is 2.09. The van der Waals surface area contributed by atoms with Crippen LogP contribution in [0.15, 0.2) is 42.5 Å². The fourth-order valence-electron chi connectivity index (χ4n) is 2.19. The predicted octanol–water partition coefficient (Wildman–Crippen LogP) is 3.63. The molecule has 0 aliphatic carbocycles. The minimum atomic E-state index is -0.0390. The normalized spacial score (nSPS) is 10.7. The minimum absolute atomic E-state index is 0.0390. The van der Waals surface area contributed by atoms with Crippen LogP contribution in [0.5, 0.6) is 0 Å². The molecule has 2 aromatic carbocycles. The van der Waals surface area contributed by atoms with Crippen molar-refractivity contribution >= 4 is 33.1 Å². The summed E-state index contributed by atoms with van der Waals surface area (Å²) in [6, 6.07) is 14.6. The highest BCUT2D eigenvalue weighted by atomic mass is 32.1. The number of anilines is 1. The van der Waals surface area contributed by atoms with Gasteiger partial charge in [-0.25, -0.2) is 0 Å². The molecule has 106 valence electrons. The number of amides is 1. The molecule has 0 radical (unpaired) electrons. The second-order valence-electron chi connectivity index (χ2n) is 4.72. The summed E-state index contributed by atoms with van der Waals surface area (Å²) in [5.74, 6) is -0.0390. The van der Waals surface area contributed by atoms with Crippen LogP contribution in [0.25, 0.3) is 10.8 Å². The molecule has 21 heavy (non-hydrogen) atoms. The third-order valence-electron chi connectivity index (χ3n) is 3.26. The van der Waals surface area contributed by atoms with E-state index in [0.29, 0.717) is 11.6 Å². The molecule has 1 amide bonds. The number of nitrogens with one attached hydrogen (secondary N) is 1. The molecule has 0 aliphatic rings. The molecule has 0 saturated heterocycles. The van der Waals surface area contributed by atoms with Crippen molar-refractivity contribution in [2.24, 2.45) is 0 Å². The van der Waals surface area contributed by atoms with Crippen molar-refractivity contribution in [2.45, 2.75) is 19.8 Å². The Kier molecular flexibility index (Phi) is 3.92. The molecular formula is C16H15N3OS. The molecule has 0 atom stereocenters. The summed E-state index contributed by atoms with van der Waals surface area (Å²) < 4.78 is 0. The van der Waals surface area contributed by atoms with Gasteiger partial charge >= 0.3 is 0 Å². The molecule has 1 N–H and O–H groups in total. The topological polar surface area (TPSA) is 54.9 Å². The summed E-state index contributed by atoms with van der Waals surface area (Å²) in [4.78, 5) is 11.4. The van der Waals surface area contributed by atoms with E-state index in [4.69, 9.17) is 0 Å². The van der Waals surface area contributed by atoms with Crippen molar-refractivity contribution in [3.8, 4) is 0 Å². The van der Waals surface area contributed by atoms with E-state index < -0.39 is 0 Å². The Labute approximate surface area is 126 Å². The molecule has 0 unspecified atom stereocenters. The Balaban J connectivity index is 1.84. The van der Waals surface area contributed by atoms with Gasteiger partial charge in [-0.05, 0) is 16.3 Å². The average molecular weight is 297 g/mol. The average Bonchev–Trinajstić information content (AvgIpc) is 2.94. The highest BCUT2D eigenvalue weighted by Crippen LogP contribution is 2.24. The van der Waals surface area contributed by atoms with Crippen molar-refractivity contribution < 1.29 is 4.79 Å².